The van der Waals surface area contributed by atoms with Gasteiger partial charge in [0.2, 0.25) is 6.54 Å². The van der Waals surface area contributed by atoms with E-state index in [-0.39, 0.29) is 19.6 Å². The molecule has 2 aromatic heterocycles. The van der Waals surface area contributed by atoms with Crippen LogP contribution in [0.3, 0.4) is 0 Å². The summed E-state index contributed by atoms with van der Waals surface area (Å²) in [5.41, 5.74) is -0.663. The van der Waals surface area contributed by atoms with Crippen molar-refractivity contribution in [1.82, 2.24) is 19.1 Å². The highest BCUT2D eigenvalue weighted by Crippen LogP contribution is 2.54. The van der Waals surface area contributed by atoms with Crippen LogP contribution in [0.4, 0.5) is 4.39 Å². The van der Waals surface area contributed by atoms with E-state index in [2.05, 4.69) is 16.8 Å². The third-order valence-corrected chi connectivity index (χ3v) is 15.2. The quantitative estimate of drug-likeness (QED) is 0.0239. The van der Waals surface area contributed by atoms with Crippen LogP contribution in [0.15, 0.2) is 55.8 Å². The minimum Gasteiger partial charge on any atom is -0.493 e. The first kappa shape index (κ1) is 62.6. The number of ether oxygens (including phenoxy) is 6. The fraction of sp³-hybridized carbons (Fsp3) is 0.685. The molecule has 2 aliphatic rings. The standard InChI is InChI=1S/C54H79FN5O16P/c1-7-9-10-11-12-13-14-15-16-17-18-19-20-21-22-23-31-69-41-34-39(33-37(3)38(41)4)35-70-45(63)24-25-46(64)75-49-42(74-52(50(49)68-6)60-30-27-44(62)58-54(60)66)36-72-77(67,71-32-28-56-5)76-48-40(8-2)73-51(47(48)55)59-29-26-43(61)57-53(59)65/h26-27,29-30,33-34,40,42,47-52H,7-25,28,31-32,35-36H2,1-4,6H3,(H,57,61,65)(H,58,62,66)/t40-,42-,47+,48+,49+,50+,51?,52?,77?/m1/s1. The summed E-state index contributed by atoms with van der Waals surface area (Å²) in [5.74, 6) is -0.906. The zero-order valence-electron chi connectivity index (χ0n) is 45.3. The van der Waals surface area contributed by atoms with Crippen molar-refractivity contribution >= 4 is 19.8 Å². The number of nitrogens with one attached hydrogen (secondary N) is 2. The number of carbonyl (C=O) groups excluding carboxylic acids is 2. The molecule has 0 spiro atoms. The fourth-order valence-corrected chi connectivity index (χ4v) is 10.7. The van der Waals surface area contributed by atoms with E-state index in [1.54, 1.807) is 6.92 Å². The lowest BCUT2D eigenvalue weighted by Crippen LogP contribution is -2.41. The summed E-state index contributed by atoms with van der Waals surface area (Å²) in [4.78, 5) is 83.1. The number of phosphoric ester groups is 1. The fourth-order valence-electron chi connectivity index (χ4n) is 9.31. The zero-order chi connectivity index (χ0) is 55.7. The number of methoxy groups -OCH3 is 1. The number of carbonyl (C=O) groups is 2. The van der Waals surface area contributed by atoms with E-state index in [1.807, 2.05) is 31.0 Å². The Morgan fingerprint density at radius 1 is 0.727 bits per heavy atom. The lowest BCUT2D eigenvalue weighted by Gasteiger charge is -2.26. The summed E-state index contributed by atoms with van der Waals surface area (Å²) in [6.45, 7) is 13.9. The highest BCUT2D eigenvalue weighted by Gasteiger charge is 2.53. The predicted octanol–water partition coefficient (Wildman–Crippen LogP) is 8.78. The number of H-pyrrole nitrogens is 2. The molecule has 77 heavy (non-hydrogen) atoms. The second-order valence-electron chi connectivity index (χ2n) is 19.5. The van der Waals surface area contributed by atoms with Crippen molar-refractivity contribution in [1.29, 1.82) is 0 Å². The van der Waals surface area contributed by atoms with E-state index >= 15 is 4.39 Å². The number of halogens is 1. The molecular formula is C54H79FN5O16P. The molecule has 0 amide bonds. The molecule has 2 N–H and O–H groups in total. The third kappa shape index (κ3) is 19.5. The second kappa shape index (κ2) is 32.6. The maximum absolute atomic E-state index is 16.2. The van der Waals surface area contributed by atoms with Crippen molar-refractivity contribution < 1.29 is 60.5 Å². The van der Waals surface area contributed by atoms with Crippen molar-refractivity contribution in [2.24, 2.45) is 0 Å². The van der Waals surface area contributed by atoms with Gasteiger partial charge in [0.25, 0.3) is 11.1 Å². The van der Waals surface area contributed by atoms with Gasteiger partial charge in [-0.05, 0) is 49.4 Å². The van der Waals surface area contributed by atoms with Crippen LogP contribution in [-0.2, 0) is 58.0 Å². The van der Waals surface area contributed by atoms with Crippen LogP contribution in [0.1, 0.15) is 165 Å². The van der Waals surface area contributed by atoms with Crippen LogP contribution in [-0.4, -0.2) is 101 Å². The molecule has 4 heterocycles. The first-order valence-electron chi connectivity index (χ1n) is 27.2. The first-order valence-corrected chi connectivity index (χ1v) is 28.7. The topological polar surface area (TPSA) is 248 Å². The summed E-state index contributed by atoms with van der Waals surface area (Å²) < 4.78 is 84.3. The molecule has 21 nitrogen and oxygen atoms in total. The maximum Gasteiger partial charge on any atom is 0.475 e. The van der Waals surface area contributed by atoms with Crippen LogP contribution < -0.4 is 27.2 Å². The van der Waals surface area contributed by atoms with Gasteiger partial charge in [-0.1, -0.05) is 116 Å². The number of hydrogen-bond acceptors (Lipinski definition) is 16. The average molecular weight is 1100 g/mol. The molecule has 23 heteroatoms. The number of hydrogen-bond donors (Lipinski definition) is 2. The Hall–Kier alpha value is -5.27. The predicted molar refractivity (Wildman–Crippen MR) is 282 cm³/mol. The molecule has 0 bridgehead atoms. The molecular weight excluding hydrogens is 1020 g/mol. The van der Waals surface area contributed by atoms with Gasteiger partial charge in [-0.3, -0.25) is 51.9 Å². The number of aryl methyl sites for hydroxylation is 1. The summed E-state index contributed by atoms with van der Waals surface area (Å²) in [7, 11) is -3.68. The molecule has 428 valence electrons. The van der Waals surface area contributed by atoms with Crippen LogP contribution in [0.2, 0.25) is 0 Å². The van der Waals surface area contributed by atoms with Crippen LogP contribution in [0, 0.1) is 20.4 Å². The van der Waals surface area contributed by atoms with Crippen molar-refractivity contribution in [3.8, 4) is 5.75 Å². The molecule has 1 aromatic carbocycles. The van der Waals surface area contributed by atoms with E-state index in [4.69, 9.17) is 48.6 Å². The molecule has 0 aliphatic carbocycles. The summed E-state index contributed by atoms with van der Waals surface area (Å²) in [5, 5.41) is 0. The summed E-state index contributed by atoms with van der Waals surface area (Å²) in [6, 6.07) is 5.79. The number of aromatic nitrogens is 4. The van der Waals surface area contributed by atoms with Crippen molar-refractivity contribution in [3.05, 3.63) is 106 Å². The molecule has 2 saturated heterocycles. The Morgan fingerprint density at radius 2 is 1.29 bits per heavy atom. The zero-order valence-corrected chi connectivity index (χ0v) is 46.1. The first-order chi connectivity index (χ1) is 37.1. The van der Waals surface area contributed by atoms with Gasteiger partial charge in [-0.25, -0.2) is 25.1 Å². The lowest BCUT2D eigenvalue weighted by atomic mass is 10.0. The molecule has 3 aromatic rings. The molecule has 0 radical (unpaired) electrons. The Morgan fingerprint density at radius 3 is 1.84 bits per heavy atom. The lowest BCUT2D eigenvalue weighted by molar-refractivity contribution is -0.160. The Labute approximate surface area is 449 Å². The number of alkyl halides is 1. The van der Waals surface area contributed by atoms with Crippen molar-refractivity contribution in [2.75, 3.05) is 33.5 Å². The molecule has 2 aliphatic heterocycles. The minimum atomic E-state index is -4.92. The summed E-state index contributed by atoms with van der Waals surface area (Å²) >= 11 is 0. The molecule has 5 rings (SSSR count). The Kier molecular flexibility index (Phi) is 26.5. The van der Waals surface area contributed by atoms with Gasteiger partial charge >= 0.3 is 31.1 Å². The second-order valence-corrected chi connectivity index (χ2v) is 21.2. The number of aromatic amines is 2. The molecule has 9 atom stereocenters. The van der Waals surface area contributed by atoms with Crippen molar-refractivity contribution in [3.63, 3.8) is 0 Å². The highest BCUT2D eigenvalue weighted by atomic mass is 31.2. The number of phosphoric acid groups is 1. The highest BCUT2D eigenvalue weighted by molar-refractivity contribution is 7.48. The smallest absolute Gasteiger partial charge is 0.475 e. The number of benzene rings is 1. The minimum absolute atomic E-state index is 0.0802. The van der Waals surface area contributed by atoms with Crippen molar-refractivity contribution in [2.45, 2.75) is 205 Å². The van der Waals surface area contributed by atoms with E-state index in [0.717, 1.165) is 57.6 Å². The van der Waals surface area contributed by atoms with Crippen LogP contribution in [0.25, 0.3) is 4.85 Å². The van der Waals surface area contributed by atoms with E-state index in [1.165, 1.54) is 97.0 Å². The molecule has 3 unspecified atom stereocenters. The number of rotatable bonds is 36. The van der Waals surface area contributed by atoms with E-state index in [0.29, 0.717) is 17.9 Å². The van der Waals surface area contributed by atoms with Crippen LogP contribution in [0.5, 0.6) is 5.75 Å². The van der Waals surface area contributed by atoms with Crippen LogP contribution >= 0.6 is 7.82 Å². The monoisotopic (exact) mass is 1100 g/mol. The number of esters is 2. The Balaban J connectivity index is 1.14. The van der Waals surface area contributed by atoms with E-state index < -0.39 is 117 Å². The summed E-state index contributed by atoms with van der Waals surface area (Å²) in [6.07, 6.45) is 9.81. The maximum atomic E-state index is 16.2. The van der Waals surface area contributed by atoms with Gasteiger partial charge in [0, 0.05) is 31.6 Å². The number of unbranched alkanes of at least 4 members (excludes halogenated alkanes) is 15. The molecule has 0 saturated carbocycles. The average Bonchev–Trinajstić information content (AvgIpc) is 3.91. The Bertz CT molecular complexity index is 2650. The van der Waals surface area contributed by atoms with Gasteiger partial charge in [0.15, 0.2) is 24.7 Å². The third-order valence-electron chi connectivity index (χ3n) is 13.7. The van der Waals surface area contributed by atoms with Gasteiger partial charge < -0.3 is 33.3 Å². The van der Waals surface area contributed by atoms with Gasteiger partial charge in [0.05, 0.1) is 32.2 Å². The SMILES string of the molecule is [C-]#[N+]CCOP(=O)(OC[C@H]1OC(n2ccc(=O)[nH]c2=O)[C@@H](OC)[C@H]1OC(=O)CCC(=O)OCc1cc(C)c(C)c(OCCCCCCCCCCCCCCCCCC)c1)O[C@@H]1[C@H](F)C(n2ccc(=O)[nH]c2=O)O[C@@H]1CC. The van der Waals surface area contributed by atoms with Gasteiger partial charge in [0.1, 0.15) is 37.3 Å². The van der Waals surface area contributed by atoms with Gasteiger partial charge in [-0.2, -0.15) is 0 Å². The largest absolute Gasteiger partial charge is 0.493 e. The normalized spacial score (nSPS) is 21.9. The molecule has 2 fully saturated rings. The number of nitrogens with zero attached hydrogens (tertiary/aromatic N) is 3. The van der Waals surface area contributed by atoms with Gasteiger partial charge in [-0.15, -0.1) is 0 Å². The van der Waals surface area contributed by atoms with E-state index in [9.17, 15) is 33.3 Å².